The van der Waals surface area contributed by atoms with Crippen molar-refractivity contribution in [3.05, 3.63) is 26.7 Å². The van der Waals surface area contributed by atoms with Gasteiger partial charge in [-0.15, -0.1) is 0 Å². The Morgan fingerprint density at radius 2 is 2.05 bits per heavy atom. The Kier molecular flexibility index (Phi) is 4.00. The molecule has 110 valence electrons. The monoisotopic (exact) mass is 377 g/mol. The number of fused-ring (bicyclic) bond motifs is 1. The number of hydrogen-bond donors (Lipinski definition) is 1. The molecule has 0 radical (unpaired) electrons. The van der Waals surface area contributed by atoms with Crippen molar-refractivity contribution in [1.29, 1.82) is 0 Å². The van der Waals surface area contributed by atoms with E-state index >= 15 is 0 Å². The first-order valence-electron chi connectivity index (χ1n) is 6.94. The van der Waals surface area contributed by atoms with Crippen LogP contribution in [0.15, 0.2) is 16.6 Å². The summed E-state index contributed by atoms with van der Waals surface area (Å²) in [6, 6.07) is 4.28. The van der Waals surface area contributed by atoms with Gasteiger partial charge in [-0.05, 0) is 40.9 Å². The molecule has 2 fully saturated rings. The SMILES string of the molecule is CC1(C)C(Nc2ccc(Br)c(Cl)c2Cl)C2CCCOC21. The molecule has 0 aromatic heterocycles. The molecule has 1 aliphatic heterocycles. The highest BCUT2D eigenvalue weighted by Crippen LogP contribution is 2.53. The molecule has 3 unspecified atom stereocenters. The van der Waals surface area contributed by atoms with Crippen LogP contribution in [-0.4, -0.2) is 18.8 Å². The Morgan fingerprint density at radius 3 is 2.80 bits per heavy atom. The Hall–Kier alpha value is 0.0400. The van der Waals surface area contributed by atoms with Gasteiger partial charge in [-0.3, -0.25) is 0 Å². The van der Waals surface area contributed by atoms with Gasteiger partial charge < -0.3 is 10.1 Å². The number of hydrogen-bond acceptors (Lipinski definition) is 2. The van der Waals surface area contributed by atoms with E-state index in [0.717, 1.165) is 23.2 Å². The van der Waals surface area contributed by atoms with Gasteiger partial charge in [-0.25, -0.2) is 0 Å². The van der Waals surface area contributed by atoms with Gasteiger partial charge in [0.15, 0.2) is 0 Å². The standard InChI is InChI=1S/C15H18BrCl2NO/c1-15(2)13(8-4-3-7-20-14(8)15)19-10-6-5-9(16)11(17)12(10)18/h5-6,8,13-14,19H,3-4,7H2,1-2H3. The summed E-state index contributed by atoms with van der Waals surface area (Å²) in [5, 5.41) is 4.73. The van der Waals surface area contributed by atoms with E-state index in [1.54, 1.807) is 0 Å². The molecule has 0 bridgehead atoms. The lowest BCUT2D eigenvalue weighted by molar-refractivity contribution is -0.177. The van der Waals surface area contributed by atoms with Gasteiger partial charge in [0.05, 0.1) is 21.8 Å². The molecular weight excluding hydrogens is 361 g/mol. The van der Waals surface area contributed by atoms with E-state index in [9.17, 15) is 0 Å². The number of ether oxygens (including phenoxy) is 1. The van der Waals surface area contributed by atoms with E-state index in [1.807, 2.05) is 12.1 Å². The van der Waals surface area contributed by atoms with Crippen molar-refractivity contribution in [2.75, 3.05) is 11.9 Å². The molecule has 5 heteroatoms. The van der Waals surface area contributed by atoms with Crippen LogP contribution in [0, 0.1) is 11.3 Å². The van der Waals surface area contributed by atoms with E-state index in [2.05, 4.69) is 35.1 Å². The highest BCUT2D eigenvalue weighted by Gasteiger charge is 2.58. The Labute approximate surface area is 138 Å². The molecule has 0 amide bonds. The average Bonchev–Trinajstić information content (AvgIpc) is 2.44. The lowest BCUT2D eigenvalue weighted by atomic mass is 9.55. The summed E-state index contributed by atoms with van der Waals surface area (Å²) in [7, 11) is 0. The molecule has 1 aromatic carbocycles. The van der Waals surface area contributed by atoms with Crippen LogP contribution < -0.4 is 5.32 Å². The minimum absolute atomic E-state index is 0.119. The first-order valence-corrected chi connectivity index (χ1v) is 8.49. The Balaban J connectivity index is 1.83. The molecule has 20 heavy (non-hydrogen) atoms. The molecule has 1 saturated carbocycles. The number of anilines is 1. The average molecular weight is 379 g/mol. The van der Waals surface area contributed by atoms with Crippen molar-refractivity contribution < 1.29 is 4.74 Å². The summed E-state index contributed by atoms with van der Waals surface area (Å²) in [5.74, 6) is 0.567. The van der Waals surface area contributed by atoms with E-state index in [1.165, 1.54) is 6.42 Å². The minimum atomic E-state index is 0.119. The van der Waals surface area contributed by atoms with E-state index in [4.69, 9.17) is 27.9 Å². The van der Waals surface area contributed by atoms with Gasteiger partial charge >= 0.3 is 0 Å². The van der Waals surface area contributed by atoms with Gasteiger partial charge in [-0.1, -0.05) is 37.0 Å². The second-order valence-electron chi connectivity index (χ2n) is 6.26. The third-order valence-corrected chi connectivity index (χ3v) is 6.45. The molecule has 3 atom stereocenters. The van der Waals surface area contributed by atoms with Crippen LogP contribution in [0.2, 0.25) is 10.0 Å². The first-order chi connectivity index (χ1) is 9.43. The predicted molar refractivity (Wildman–Crippen MR) is 87.8 cm³/mol. The fraction of sp³-hybridized carbons (Fsp3) is 0.600. The summed E-state index contributed by atoms with van der Waals surface area (Å²) in [6.45, 7) is 5.40. The van der Waals surface area contributed by atoms with Crippen LogP contribution >= 0.6 is 39.1 Å². The molecule has 2 nitrogen and oxygen atoms in total. The highest BCUT2D eigenvalue weighted by atomic mass is 79.9. The molecule has 3 rings (SSSR count). The van der Waals surface area contributed by atoms with Crippen molar-refractivity contribution >= 4 is 44.8 Å². The minimum Gasteiger partial charge on any atom is -0.380 e. The third-order valence-electron chi connectivity index (χ3n) is 4.68. The second-order valence-corrected chi connectivity index (χ2v) is 7.87. The summed E-state index contributed by atoms with van der Waals surface area (Å²) in [6.07, 6.45) is 2.72. The van der Waals surface area contributed by atoms with Crippen LogP contribution in [0.5, 0.6) is 0 Å². The summed E-state index contributed by atoms with van der Waals surface area (Å²) < 4.78 is 6.75. The zero-order valence-corrected chi connectivity index (χ0v) is 14.6. The normalized spacial score (nSPS) is 31.4. The Morgan fingerprint density at radius 1 is 1.30 bits per heavy atom. The van der Waals surface area contributed by atoms with Crippen molar-refractivity contribution in [1.82, 2.24) is 0 Å². The van der Waals surface area contributed by atoms with Crippen molar-refractivity contribution in [3.63, 3.8) is 0 Å². The van der Waals surface area contributed by atoms with Crippen molar-refractivity contribution in [2.24, 2.45) is 11.3 Å². The molecule has 1 heterocycles. The van der Waals surface area contributed by atoms with Crippen LogP contribution in [-0.2, 0) is 4.74 Å². The molecule has 1 saturated heterocycles. The fourth-order valence-electron chi connectivity index (χ4n) is 3.62. The second kappa shape index (κ2) is 5.35. The maximum Gasteiger partial charge on any atom is 0.0835 e. The lowest BCUT2D eigenvalue weighted by Crippen LogP contribution is -2.67. The smallest absolute Gasteiger partial charge is 0.0835 e. The third kappa shape index (κ3) is 2.27. The molecule has 1 N–H and O–H groups in total. The molecule has 1 aromatic rings. The van der Waals surface area contributed by atoms with E-state index in [0.29, 0.717) is 28.1 Å². The lowest BCUT2D eigenvalue weighted by Gasteiger charge is -2.60. The van der Waals surface area contributed by atoms with Gasteiger partial charge in [0.1, 0.15) is 0 Å². The highest BCUT2D eigenvalue weighted by molar-refractivity contribution is 9.10. The summed E-state index contributed by atoms with van der Waals surface area (Å²) >= 11 is 15.9. The maximum atomic E-state index is 6.34. The van der Waals surface area contributed by atoms with Crippen molar-refractivity contribution in [2.45, 2.75) is 38.8 Å². The number of halogens is 3. The van der Waals surface area contributed by atoms with Gasteiger partial charge in [0.2, 0.25) is 0 Å². The molecule has 0 spiro atoms. The van der Waals surface area contributed by atoms with Gasteiger partial charge in [0, 0.05) is 28.5 Å². The largest absolute Gasteiger partial charge is 0.380 e. The topological polar surface area (TPSA) is 21.3 Å². The fourth-order valence-corrected chi connectivity index (χ4v) is 4.45. The quantitative estimate of drug-likeness (QED) is 0.698. The zero-order chi connectivity index (χ0) is 14.5. The van der Waals surface area contributed by atoms with Crippen molar-refractivity contribution in [3.8, 4) is 0 Å². The summed E-state index contributed by atoms with van der Waals surface area (Å²) in [4.78, 5) is 0. The number of rotatable bonds is 2. The number of nitrogens with one attached hydrogen (secondary N) is 1. The zero-order valence-electron chi connectivity index (χ0n) is 11.6. The van der Waals surface area contributed by atoms with E-state index < -0.39 is 0 Å². The first kappa shape index (κ1) is 15.0. The van der Waals surface area contributed by atoms with E-state index in [-0.39, 0.29) is 5.41 Å². The molecular formula is C15H18BrCl2NO. The molecule has 2 aliphatic rings. The summed E-state index contributed by atoms with van der Waals surface area (Å²) in [5.41, 5.74) is 1.02. The molecule has 1 aliphatic carbocycles. The maximum absolute atomic E-state index is 6.34. The van der Waals surface area contributed by atoms with Gasteiger partial charge in [0.25, 0.3) is 0 Å². The van der Waals surface area contributed by atoms with Crippen LogP contribution in [0.1, 0.15) is 26.7 Å². The van der Waals surface area contributed by atoms with Gasteiger partial charge in [-0.2, -0.15) is 0 Å². The Bertz CT molecular complexity index is 535. The van der Waals surface area contributed by atoms with Crippen LogP contribution in [0.3, 0.4) is 0 Å². The number of benzene rings is 1. The predicted octanol–water partition coefficient (Wildman–Crippen LogP) is 5.37. The van der Waals surface area contributed by atoms with Crippen LogP contribution in [0.25, 0.3) is 0 Å². The van der Waals surface area contributed by atoms with Crippen LogP contribution in [0.4, 0.5) is 5.69 Å².